The Hall–Kier alpha value is -5.80. The summed E-state index contributed by atoms with van der Waals surface area (Å²) in [7, 11) is 0. The van der Waals surface area contributed by atoms with Gasteiger partial charge >= 0.3 is 0 Å². The molecule has 1 aromatic heterocycles. The average Bonchev–Trinajstić information content (AvgIpc) is 3.41. The number of aromatic nitrogens is 1. The third-order valence-electron chi connectivity index (χ3n) is 7.80. The van der Waals surface area contributed by atoms with E-state index in [2.05, 4.69) is 126 Å². The quantitative estimate of drug-likeness (QED) is 0.151. The van der Waals surface area contributed by atoms with Crippen molar-refractivity contribution in [3.8, 4) is 22.3 Å². The van der Waals surface area contributed by atoms with Crippen molar-refractivity contribution < 1.29 is 0 Å². The van der Waals surface area contributed by atoms with Gasteiger partial charge in [0.05, 0.1) is 22.4 Å². The summed E-state index contributed by atoms with van der Waals surface area (Å²) >= 11 is 0. The second kappa shape index (κ2) is 11.6. The minimum Gasteiger partial charge on any atom is -0.300 e. The maximum atomic E-state index is 9.02. The van der Waals surface area contributed by atoms with E-state index in [9.17, 15) is 0 Å². The maximum absolute atomic E-state index is 9.02. The molecule has 0 aliphatic heterocycles. The highest BCUT2D eigenvalue weighted by Crippen LogP contribution is 2.29. The van der Waals surface area contributed by atoms with Gasteiger partial charge in [-0.1, -0.05) is 146 Å². The van der Waals surface area contributed by atoms with Crippen LogP contribution in [0.15, 0.2) is 169 Å². The van der Waals surface area contributed by atoms with Gasteiger partial charge in [0.2, 0.25) is 0 Å². The van der Waals surface area contributed by atoms with Crippen molar-refractivity contribution in [1.82, 2.24) is 4.57 Å². The lowest BCUT2D eigenvalue weighted by molar-refractivity contribution is 1.31. The van der Waals surface area contributed by atoms with Crippen molar-refractivity contribution in [2.75, 3.05) is 0 Å². The molecule has 204 valence electrons. The molecule has 0 aliphatic rings. The molecule has 0 amide bonds. The summed E-state index contributed by atoms with van der Waals surface area (Å²) in [5.41, 5.74) is 9.69. The largest absolute Gasteiger partial charge is 0.300 e. The first kappa shape index (κ1) is 26.1. The Morgan fingerprint density at radius 1 is 0.465 bits per heavy atom. The zero-order chi connectivity index (χ0) is 29.0. The monoisotopic (exact) mass is 551 g/mol. The average molecular weight is 552 g/mol. The van der Waals surface area contributed by atoms with Gasteiger partial charge in [0, 0.05) is 16.3 Å². The number of allylic oxidation sites excluding steroid dienone is 1. The lowest BCUT2D eigenvalue weighted by atomic mass is 10.00. The van der Waals surface area contributed by atoms with Gasteiger partial charge in [-0.3, -0.25) is 4.57 Å². The van der Waals surface area contributed by atoms with Gasteiger partial charge < -0.3 is 5.41 Å². The number of fused-ring (bicyclic) bond motifs is 3. The molecule has 3 nitrogen and oxygen atoms in total. The molecule has 7 aromatic rings. The smallest absolute Gasteiger partial charge is 0.100 e. The Labute approximate surface area is 251 Å². The fraction of sp³-hybridized carbons (Fsp3) is 0. The lowest BCUT2D eigenvalue weighted by Crippen LogP contribution is -1.99. The molecule has 0 spiro atoms. The second-order valence-electron chi connectivity index (χ2n) is 10.5. The fourth-order valence-electron chi connectivity index (χ4n) is 5.55. The van der Waals surface area contributed by atoms with Crippen molar-refractivity contribution in [1.29, 1.82) is 5.41 Å². The second-order valence-corrected chi connectivity index (χ2v) is 10.5. The van der Waals surface area contributed by atoms with Crippen LogP contribution in [0.3, 0.4) is 0 Å². The SMILES string of the molecule is N=C(/C=C(\N=C\n1c2ccccc2c2ccccc21)c1ccc(-c2ccccc2)cc1)c1ccc(-c2ccccc2)cc1. The van der Waals surface area contributed by atoms with Crippen LogP contribution < -0.4 is 0 Å². The molecule has 43 heavy (non-hydrogen) atoms. The minimum atomic E-state index is 0.404. The fourth-order valence-corrected chi connectivity index (χ4v) is 5.55. The van der Waals surface area contributed by atoms with Gasteiger partial charge in [-0.25, -0.2) is 4.99 Å². The van der Waals surface area contributed by atoms with Crippen molar-refractivity contribution in [2.24, 2.45) is 4.99 Å². The number of nitrogens with zero attached hydrogens (tertiary/aromatic N) is 2. The number of nitrogens with one attached hydrogen (secondary N) is 1. The van der Waals surface area contributed by atoms with E-state index in [1.54, 1.807) is 0 Å². The molecule has 7 rings (SSSR count). The van der Waals surface area contributed by atoms with Gasteiger partial charge in [-0.05, 0) is 46.0 Å². The van der Waals surface area contributed by atoms with E-state index in [1.165, 1.54) is 16.3 Å². The first-order chi connectivity index (χ1) is 21.2. The van der Waals surface area contributed by atoms with E-state index in [-0.39, 0.29) is 0 Å². The molecule has 0 bridgehead atoms. The minimum absolute atomic E-state index is 0.404. The molecule has 3 heteroatoms. The number of hydrogen-bond donors (Lipinski definition) is 1. The topological polar surface area (TPSA) is 41.1 Å². The molecule has 0 radical (unpaired) electrons. The van der Waals surface area contributed by atoms with E-state index in [0.29, 0.717) is 5.71 Å². The lowest BCUT2D eigenvalue weighted by Gasteiger charge is -2.08. The highest BCUT2D eigenvalue weighted by atomic mass is 15.0. The van der Waals surface area contributed by atoms with Crippen LogP contribution in [0.4, 0.5) is 0 Å². The van der Waals surface area contributed by atoms with Gasteiger partial charge in [-0.2, -0.15) is 0 Å². The molecule has 6 aromatic carbocycles. The zero-order valence-corrected chi connectivity index (χ0v) is 23.6. The van der Waals surface area contributed by atoms with E-state index in [1.807, 2.05) is 48.8 Å². The zero-order valence-electron chi connectivity index (χ0n) is 23.6. The molecular weight excluding hydrogens is 522 g/mol. The van der Waals surface area contributed by atoms with E-state index in [4.69, 9.17) is 10.4 Å². The number of rotatable bonds is 7. The van der Waals surface area contributed by atoms with Crippen molar-refractivity contribution in [3.05, 3.63) is 175 Å². The maximum Gasteiger partial charge on any atom is 0.100 e. The van der Waals surface area contributed by atoms with Crippen molar-refractivity contribution in [2.45, 2.75) is 0 Å². The predicted molar refractivity (Wildman–Crippen MR) is 182 cm³/mol. The van der Waals surface area contributed by atoms with Crippen LogP contribution in [0.5, 0.6) is 0 Å². The Morgan fingerprint density at radius 3 is 1.40 bits per heavy atom. The molecule has 1 heterocycles. The van der Waals surface area contributed by atoms with E-state index in [0.717, 1.165) is 44.5 Å². The van der Waals surface area contributed by atoms with Gasteiger partial charge in [0.15, 0.2) is 0 Å². The predicted octanol–water partition coefficient (Wildman–Crippen LogP) is 10.1. The Balaban J connectivity index is 1.29. The van der Waals surface area contributed by atoms with Gasteiger partial charge in [0.1, 0.15) is 6.34 Å². The van der Waals surface area contributed by atoms with Gasteiger partial charge in [-0.15, -0.1) is 0 Å². The van der Waals surface area contributed by atoms with Crippen LogP contribution in [-0.2, 0) is 0 Å². The Morgan fingerprint density at radius 2 is 0.884 bits per heavy atom. The van der Waals surface area contributed by atoms with Crippen LogP contribution in [0, 0.1) is 5.41 Å². The van der Waals surface area contributed by atoms with Crippen LogP contribution >= 0.6 is 0 Å². The van der Waals surface area contributed by atoms with Crippen molar-refractivity contribution in [3.63, 3.8) is 0 Å². The number of benzene rings is 6. The summed E-state index contributed by atoms with van der Waals surface area (Å²) < 4.78 is 2.13. The highest BCUT2D eigenvalue weighted by molar-refractivity contribution is 6.13. The molecular formula is C40H29N3. The molecule has 0 aliphatic carbocycles. The van der Waals surface area contributed by atoms with Crippen LogP contribution in [0.25, 0.3) is 49.8 Å². The summed E-state index contributed by atoms with van der Waals surface area (Å²) in [5.74, 6) is 0. The molecule has 1 N–H and O–H groups in total. The summed E-state index contributed by atoms with van der Waals surface area (Å²) in [6.45, 7) is 0. The first-order valence-corrected chi connectivity index (χ1v) is 14.4. The molecule has 0 saturated heterocycles. The molecule has 0 fully saturated rings. The first-order valence-electron chi connectivity index (χ1n) is 14.4. The van der Waals surface area contributed by atoms with Crippen LogP contribution in [-0.4, -0.2) is 16.6 Å². The number of hydrogen-bond acceptors (Lipinski definition) is 2. The van der Waals surface area contributed by atoms with E-state index < -0.39 is 0 Å². The summed E-state index contributed by atoms with van der Waals surface area (Å²) in [5, 5.41) is 11.4. The van der Waals surface area contributed by atoms with Crippen LogP contribution in [0.2, 0.25) is 0 Å². The summed E-state index contributed by atoms with van der Waals surface area (Å²) in [4.78, 5) is 5.03. The van der Waals surface area contributed by atoms with E-state index >= 15 is 0 Å². The third-order valence-corrected chi connectivity index (χ3v) is 7.80. The summed E-state index contributed by atoms with van der Waals surface area (Å²) in [6.07, 6.45) is 3.74. The number of para-hydroxylation sites is 2. The standard InChI is InChI=1S/C40H29N3/c41-37(33-23-19-31(20-24-33)29-11-3-1-4-12-29)27-38(34-25-21-32(22-26-34)30-13-5-2-6-14-30)42-28-43-39-17-9-7-15-35(39)36-16-8-10-18-40(36)43/h1-28,41H/b38-27-,41-37?,42-28+. The normalized spacial score (nSPS) is 11.9. The summed E-state index contributed by atoms with van der Waals surface area (Å²) in [6, 6.07) is 54.0. The molecule has 0 unspecified atom stereocenters. The Bertz CT molecular complexity index is 2050. The van der Waals surface area contributed by atoms with Gasteiger partial charge in [0.25, 0.3) is 0 Å². The Kier molecular flexibility index (Phi) is 7.04. The highest BCUT2D eigenvalue weighted by Gasteiger charge is 2.10. The molecule has 0 atom stereocenters. The van der Waals surface area contributed by atoms with Crippen molar-refractivity contribution >= 4 is 39.6 Å². The molecule has 0 saturated carbocycles. The third kappa shape index (κ3) is 5.32. The number of aliphatic imine (C=N–C) groups is 1. The van der Waals surface area contributed by atoms with Crippen LogP contribution in [0.1, 0.15) is 11.1 Å².